The molecule has 4 N–H and O–H groups in total. The van der Waals surface area contributed by atoms with Gasteiger partial charge in [-0.05, 0) is 42.3 Å². The van der Waals surface area contributed by atoms with Crippen LogP contribution in [-0.2, 0) is 11.3 Å². The number of benzene rings is 3. The number of nitrogens with one attached hydrogen (secondary N) is 3. The van der Waals surface area contributed by atoms with Gasteiger partial charge in [-0.2, -0.15) is 0 Å². The molecule has 0 spiro atoms. The number of carbonyl (C=O) groups is 1. The predicted octanol–water partition coefficient (Wildman–Crippen LogP) is 3.41. The highest BCUT2D eigenvalue weighted by Crippen LogP contribution is 2.29. The standard InChI is InChI=1S/C23H23N3O3/c27-22-12-5-4-11-19(22)20-14-21(26-25-20)23(28)24-15-16-7-6-10-18(13-16)29-17-8-2-1-3-9-17/h1-13,20-21,25-27H,14-15H2,(H,24,28). The van der Waals surface area contributed by atoms with Crippen molar-refractivity contribution in [3.05, 3.63) is 90.0 Å². The highest BCUT2D eigenvalue weighted by molar-refractivity contribution is 5.82. The third-order valence-corrected chi connectivity index (χ3v) is 4.88. The molecule has 3 aromatic rings. The number of amides is 1. The van der Waals surface area contributed by atoms with Gasteiger partial charge in [0.1, 0.15) is 23.3 Å². The van der Waals surface area contributed by atoms with E-state index < -0.39 is 0 Å². The molecule has 4 rings (SSSR count). The van der Waals surface area contributed by atoms with Crippen LogP contribution in [0, 0.1) is 0 Å². The average Bonchev–Trinajstić information content (AvgIpc) is 3.23. The van der Waals surface area contributed by atoms with E-state index in [0.29, 0.717) is 13.0 Å². The molecule has 3 aromatic carbocycles. The van der Waals surface area contributed by atoms with Gasteiger partial charge in [-0.15, -0.1) is 0 Å². The molecule has 148 valence electrons. The van der Waals surface area contributed by atoms with E-state index in [2.05, 4.69) is 16.2 Å². The van der Waals surface area contributed by atoms with E-state index in [1.807, 2.05) is 66.7 Å². The summed E-state index contributed by atoms with van der Waals surface area (Å²) in [4.78, 5) is 12.5. The highest BCUT2D eigenvalue weighted by atomic mass is 16.5. The first kappa shape index (κ1) is 19.0. The van der Waals surface area contributed by atoms with Gasteiger partial charge in [0.15, 0.2) is 0 Å². The van der Waals surface area contributed by atoms with Crippen molar-refractivity contribution in [3.8, 4) is 17.2 Å². The smallest absolute Gasteiger partial charge is 0.238 e. The fraction of sp³-hybridized carbons (Fsp3) is 0.174. The molecule has 1 fully saturated rings. The Morgan fingerprint density at radius 3 is 2.55 bits per heavy atom. The fourth-order valence-electron chi connectivity index (χ4n) is 3.37. The Morgan fingerprint density at radius 1 is 0.966 bits per heavy atom. The molecule has 1 heterocycles. The number of rotatable bonds is 6. The summed E-state index contributed by atoms with van der Waals surface area (Å²) < 4.78 is 5.84. The lowest BCUT2D eigenvalue weighted by Crippen LogP contribution is -2.42. The third-order valence-electron chi connectivity index (χ3n) is 4.88. The van der Waals surface area contributed by atoms with Gasteiger partial charge in [0.05, 0.1) is 6.04 Å². The molecule has 1 amide bonds. The van der Waals surface area contributed by atoms with Crippen LogP contribution in [-0.4, -0.2) is 17.1 Å². The molecule has 1 aliphatic heterocycles. The molecule has 1 saturated heterocycles. The Labute approximate surface area is 169 Å². The van der Waals surface area contributed by atoms with Gasteiger partial charge >= 0.3 is 0 Å². The minimum absolute atomic E-state index is 0.0928. The van der Waals surface area contributed by atoms with E-state index in [9.17, 15) is 9.90 Å². The van der Waals surface area contributed by atoms with Crippen LogP contribution in [0.2, 0.25) is 0 Å². The van der Waals surface area contributed by atoms with Crippen molar-refractivity contribution in [2.24, 2.45) is 0 Å². The molecule has 0 aliphatic carbocycles. The quantitative estimate of drug-likeness (QED) is 0.519. The van der Waals surface area contributed by atoms with Crippen molar-refractivity contribution in [3.63, 3.8) is 0 Å². The summed E-state index contributed by atoms with van der Waals surface area (Å²) in [6, 6.07) is 23.9. The molecule has 6 heteroatoms. The number of phenolic OH excluding ortho intramolecular Hbond substituents is 1. The van der Waals surface area contributed by atoms with Crippen LogP contribution in [0.1, 0.15) is 23.6 Å². The molecule has 0 radical (unpaired) electrons. The zero-order valence-electron chi connectivity index (χ0n) is 15.8. The maximum Gasteiger partial charge on any atom is 0.238 e. The van der Waals surface area contributed by atoms with E-state index >= 15 is 0 Å². The van der Waals surface area contributed by atoms with Crippen molar-refractivity contribution >= 4 is 5.91 Å². The number of phenols is 1. The van der Waals surface area contributed by atoms with Crippen molar-refractivity contribution in [2.45, 2.75) is 25.0 Å². The molecule has 29 heavy (non-hydrogen) atoms. The molecule has 1 aliphatic rings. The van der Waals surface area contributed by atoms with E-state index in [-0.39, 0.29) is 23.7 Å². The Balaban J connectivity index is 1.32. The minimum Gasteiger partial charge on any atom is -0.508 e. The minimum atomic E-state index is -0.372. The zero-order valence-corrected chi connectivity index (χ0v) is 15.8. The van der Waals surface area contributed by atoms with Gasteiger partial charge < -0.3 is 15.2 Å². The van der Waals surface area contributed by atoms with Crippen LogP contribution in [0.15, 0.2) is 78.9 Å². The highest BCUT2D eigenvalue weighted by Gasteiger charge is 2.31. The Kier molecular flexibility index (Phi) is 5.74. The molecule has 0 aromatic heterocycles. The number of carbonyl (C=O) groups excluding carboxylic acids is 1. The average molecular weight is 389 g/mol. The van der Waals surface area contributed by atoms with E-state index in [0.717, 1.165) is 22.6 Å². The number of ether oxygens (including phenoxy) is 1. The second kappa shape index (κ2) is 8.77. The SMILES string of the molecule is O=C(NCc1cccc(Oc2ccccc2)c1)C1CC(c2ccccc2O)NN1. The lowest BCUT2D eigenvalue weighted by Gasteiger charge is -2.12. The third kappa shape index (κ3) is 4.74. The summed E-state index contributed by atoms with van der Waals surface area (Å²) >= 11 is 0. The van der Waals surface area contributed by atoms with Gasteiger partial charge in [0.25, 0.3) is 0 Å². The first-order valence-electron chi connectivity index (χ1n) is 9.57. The predicted molar refractivity (Wildman–Crippen MR) is 110 cm³/mol. The normalized spacial score (nSPS) is 18.3. The van der Waals surface area contributed by atoms with Crippen LogP contribution in [0.5, 0.6) is 17.2 Å². The molecule has 0 bridgehead atoms. The van der Waals surface area contributed by atoms with Crippen molar-refractivity contribution in [2.75, 3.05) is 0 Å². The van der Waals surface area contributed by atoms with Gasteiger partial charge in [-0.1, -0.05) is 48.5 Å². The molecule has 0 saturated carbocycles. The second-order valence-electron chi connectivity index (χ2n) is 6.97. The first-order valence-corrected chi connectivity index (χ1v) is 9.57. The summed E-state index contributed by atoms with van der Waals surface area (Å²) in [6.07, 6.45) is 0.556. The molecular weight excluding hydrogens is 366 g/mol. The van der Waals surface area contributed by atoms with Gasteiger partial charge in [-0.25, -0.2) is 10.9 Å². The zero-order chi connectivity index (χ0) is 20.1. The van der Waals surface area contributed by atoms with Crippen LogP contribution in [0.3, 0.4) is 0 Å². The fourth-order valence-corrected chi connectivity index (χ4v) is 3.37. The van der Waals surface area contributed by atoms with Crippen molar-refractivity contribution in [1.82, 2.24) is 16.2 Å². The monoisotopic (exact) mass is 389 g/mol. The lowest BCUT2D eigenvalue weighted by molar-refractivity contribution is -0.123. The van der Waals surface area contributed by atoms with Crippen molar-refractivity contribution in [1.29, 1.82) is 0 Å². The largest absolute Gasteiger partial charge is 0.508 e. The Bertz CT molecular complexity index is 978. The van der Waals surface area contributed by atoms with Crippen molar-refractivity contribution < 1.29 is 14.6 Å². The first-order chi connectivity index (χ1) is 14.2. The van der Waals surface area contributed by atoms with E-state index in [4.69, 9.17) is 4.74 Å². The maximum absolute atomic E-state index is 12.5. The topological polar surface area (TPSA) is 82.6 Å². The molecule has 2 unspecified atom stereocenters. The summed E-state index contributed by atoms with van der Waals surface area (Å²) in [5.41, 5.74) is 7.84. The molecule has 6 nitrogen and oxygen atoms in total. The van der Waals surface area contributed by atoms with Gasteiger partial charge in [-0.3, -0.25) is 4.79 Å². The van der Waals surface area contributed by atoms with Gasteiger partial charge in [0.2, 0.25) is 5.91 Å². The lowest BCUT2D eigenvalue weighted by atomic mass is 10.0. The number of hydrogen-bond acceptors (Lipinski definition) is 5. The van der Waals surface area contributed by atoms with Crippen LogP contribution in [0.25, 0.3) is 0 Å². The number of para-hydroxylation sites is 2. The number of aromatic hydroxyl groups is 1. The Hall–Kier alpha value is -3.35. The number of hydrogen-bond donors (Lipinski definition) is 4. The number of hydrazine groups is 1. The van der Waals surface area contributed by atoms with E-state index in [1.54, 1.807) is 12.1 Å². The summed E-state index contributed by atoms with van der Waals surface area (Å²) in [5.74, 6) is 1.63. The molecular formula is C23H23N3O3. The summed E-state index contributed by atoms with van der Waals surface area (Å²) in [5, 5.41) is 13.0. The Morgan fingerprint density at radius 2 is 1.72 bits per heavy atom. The second-order valence-corrected chi connectivity index (χ2v) is 6.97. The van der Waals surface area contributed by atoms with E-state index in [1.165, 1.54) is 0 Å². The molecule has 2 atom stereocenters. The van der Waals surface area contributed by atoms with Crippen LogP contribution in [0.4, 0.5) is 0 Å². The maximum atomic E-state index is 12.5. The summed E-state index contributed by atoms with van der Waals surface area (Å²) in [7, 11) is 0. The van der Waals surface area contributed by atoms with Crippen LogP contribution >= 0.6 is 0 Å². The van der Waals surface area contributed by atoms with Gasteiger partial charge in [0, 0.05) is 12.1 Å². The summed E-state index contributed by atoms with van der Waals surface area (Å²) in [6.45, 7) is 0.407. The van der Waals surface area contributed by atoms with Crippen LogP contribution < -0.4 is 20.9 Å².